The van der Waals surface area contributed by atoms with E-state index in [4.69, 9.17) is 0 Å². The second kappa shape index (κ2) is 7.61. The van der Waals surface area contributed by atoms with Crippen molar-refractivity contribution in [3.63, 3.8) is 0 Å². The van der Waals surface area contributed by atoms with Gasteiger partial charge in [-0.2, -0.15) is 0 Å². The molecule has 0 unspecified atom stereocenters. The zero-order chi connectivity index (χ0) is 18.5. The maximum Gasteiger partial charge on any atom is 0.256 e. The third kappa shape index (κ3) is 4.33. The van der Waals surface area contributed by atoms with E-state index in [0.29, 0.717) is 16.9 Å². The van der Waals surface area contributed by atoms with Gasteiger partial charge in [0, 0.05) is 16.8 Å². The third-order valence-corrected chi connectivity index (χ3v) is 3.90. The molecule has 0 aliphatic carbocycles. The number of hydrogen-bond acceptors (Lipinski definition) is 4. The van der Waals surface area contributed by atoms with Gasteiger partial charge >= 0.3 is 0 Å². The lowest BCUT2D eigenvalue weighted by atomic mass is 10.1. The standard InChI is InChI=1S/C21H19N3O2/c1-14-3-5-17(6-4-14)21(26)24-20-12-11-19(13-22-20)23-18-9-7-16(8-10-18)15(2)25/h3-13,23H,1-2H3,(H,22,24,26). The predicted octanol–water partition coefficient (Wildman–Crippen LogP) is 4.59. The summed E-state index contributed by atoms with van der Waals surface area (Å²) < 4.78 is 0. The summed E-state index contributed by atoms with van der Waals surface area (Å²) in [5.41, 5.74) is 4.00. The molecule has 0 saturated carbocycles. The van der Waals surface area contributed by atoms with Gasteiger partial charge < -0.3 is 10.6 Å². The van der Waals surface area contributed by atoms with Crippen molar-refractivity contribution in [3.05, 3.63) is 83.6 Å². The Labute approximate surface area is 152 Å². The van der Waals surface area contributed by atoms with Gasteiger partial charge in [-0.15, -0.1) is 0 Å². The van der Waals surface area contributed by atoms with Gasteiger partial charge in [0.05, 0.1) is 11.9 Å². The topological polar surface area (TPSA) is 71.1 Å². The van der Waals surface area contributed by atoms with Crippen LogP contribution in [0.15, 0.2) is 66.9 Å². The Morgan fingerprint density at radius 1 is 0.808 bits per heavy atom. The summed E-state index contributed by atoms with van der Waals surface area (Å²) in [6, 6.07) is 18.1. The van der Waals surface area contributed by atoms with Crippen LogP contribution in [0.4, 0.5) is 17.2 Å². The molecule has 1 amide bonds. The number of rotatable bonds is 5. The molecular formula is C21H19N3O2. The number of aryl methyl sites for hydroxylation is 1. The third-order valence-electron chi connectivity index (χ3n) is 3.90. The minimum atomic E-state index is -0.196. The highest BCUT2D eigenvalue weighted by atomic mass is 16.1. The van der Waals surface area contributed by atoms with Gasteiger partial charge in [-0.05, 0) is 62.4 Å². The Kier molecular flexibility index (Phi) is 5.08. The van der Waals surface area contributed by atoms with Crippen LogP contribution in [0.25, 0.3) is 0 Å². The molecule has 0 atom stereocenters. The first kappa shape index (κ1) is 17.4. The van der Waals surface area contributed by atoms with E-state index < -0.39 is 0 Å². The van der Waals surface area contributed by atoms with Crippen LogP contribution >= 0.6 is 0 Å². The van der Waals surface area contributed by atoms with E-state index >= 15 is 0 Å². The Morgan fingerprint density at radius 3 is 2.00 bits per heavy atom. The van der Waals surface area contributed by atoms with E-state index in [1.54, 1.807) is 36.5 Å². The van der Waals surface area contributed by atoms with Crippen LogP contribution in [-0.4, -0.2) is 16.7 Å². The number of hydrogen-bond donors (Lipinski definition) is 2. The molecule has 1 aromatic heterocycles. The first-order valence-electron chi connectivity index (χ1n) is 8.23. The van der Waals surface area contributed by atoms with Crippen LogP contribution in [0.5, 0.6) is 0 Å². The lowest BCUT2D eigenvalue weighted by molar-refractivity contribution is 0.101. The highest BCUT2D eigenvalue weighted by Gasteiger charge is 2.06. The van der Waals surface area contributed by atoms with Crippen LogP contribution in [0, 0.1) is 6.92 Å². The minimum Gasteiger partial charge on any atom is -0.354 e. The molecule has 130 valence electrons. The van der Waals surface area contributed by atoms with Crippen molar-refractivity contribution in [2.45, 2.75) is 13.8 Å². The van der Waals surface area contributed by atoms with Crippen molar-refractivity contribution in [3.8, 4) is 0 Å². The van der Waals surface area contributed by atoms with Crippen LogP contribution in [0.1, 0.15) is 33.2 Å². The van der Waals surface area contributed by atoms with E-state index in [0.717, 1.165) is 16.9 Å². The molecule has 0 aliphatic rings. The first-order chi connectivity index (χ1) is 12.5. The Morgan fingerprint density at radius 2 is 1.42 bits per heavy atom. The van der Waals surface area contributed by atoms with E-state index in [-0.39, 0.29) is 11.7 Å². The summed E-state index contributed by atoms with van der Waals surface area (Å²) in [5.74, 6) is 0.318. The van der Waals surface area contributed by atoms with E-state index in [1.165, 1.54) is 6.92 Å². The second-order valence-electron chi connectivity index (χ2n) is 6.01. The summed E-state index contributed by atoms with van der Waals surface area (Å²) in [6.07, 6.45) is 1.64. The number of Topliss-reactive ketones (excluding diaryl/α,β-unsaturated/α-hetero) is 1. The summed E-state index contributed by atoms with van der Waals surface area (Å²) in [6.45, 7) is 3.51. The summed E-state index contributed by atoms with van der Waals surface area (Å²) in [7, 11) is 0. The van der Waals surface area contributed by atoms with E-state index in [1.807, 2.05) is 37.3 Å². The molecule has 26 heavy (non-hydrogen) atoms. The molecule has 0 aliphatic heterocycles. The number of carbonyl (C=O) groups is 2. The highest BCUT2D eigenvalue weighted by Crippen LogP contribution is 2.18. The first-order valence-corrected chi connectivity index (χ1v) is 8.23. The maximum absolute atomic E-state index is 12.2. The number of ketones is 1. The zero-order valence-corrected chi connectivity index (χ0v) is 14.6. The smallest absolute Gasteiger partial charge is 0.256 e. The van der Waals surface area contributed by atoms with Gasteiger partial charge in [0.2, 0.25) is 0 Å². The highest BCUT2D eigenvalue weighted by molar-refractivity contribution is 6.03. The molecule has 0 saturated heterocycles. The van der Waals surface area contributed by atoms with Gasteiger partial charge in [-0.25, -0.2) is 4.98 Å². The van der Waals surface area contributed by atoms with Crippen molar-refractivity contribution in [2.75, 3.05) is 10.6 Å². The Balaban J connectivity index is 1.63. The fourth-order valence-electron chi connectivity index (χ4n) is 2.39. The van der Waals surface area contributed by atoms with Gasteiger partial charge in [0.25, 0.3) is 5.91 Å². The molecular weight excluding hydrogens is 326 g/mol. The van der Waals surface area contributed by atoms with Gasteiger partial charge in [-0.1, -0.05) is 17.7 Å². The van der Waals surface area contributed by atoms with Gasteiger partial charge in [-0.3, -0.25) is 9.59 Å². The monoisotopic (exact) mass is 345 g/mol. The number of nitrogens with zero attached hydrogens (tertiary/aromatic N) is 1. The molecule has 0 spiro atoms. The molecule has 2 aromatic carbocycles. The van der Waals surface area contributed by atoms with Crippen molar-refractivity contribution in [1.82, 2.24) is 4.98 Å². The van der Waals surface area contributed by atoms with Gasteiger partial charge in [0.1, 0.15) is 5.82 Å². The maximum atomic E-state index is 12.2. The fourth-order valence-corrected chi connectivity index (χ4v) is 2.39. The largest absolute Gasteiger partial charge is 0.354 e. The van der Waals surface area contributed by atoms with Crippen molar-refractivity contribution >= 4 is 28.9 Å². The summed E-state index contributed by atoms with van der Waals surface area (Å²) in [5, 5.41) is 5.98. The molecule has 3 aromatic rings. The summed E-state index contributed by atoms with van der Waals surface area (Å²) in [4.78, 5) is 27.7. The molecule has 0 bridgehead atoms. The quantitative estimate of drug-likeness (QED) is 0.664. The SMILES string of the molecule is CC(=O)c1ccc(Nc2ccc(NC(=O)c3ccc(C)cc3)nc2)cc1. The number of pyridine rings is 1. The second-order valence-corrected chi connectivity index (χ2v) is 6.01. The predicted molar refractivity (Wildman–Crippen MR) is 103 cm³/mol. The Bertz CT molecular complexity index is 915. The average Bonchev–Trinajstić information content (AvgIpc) is 2.64. The van der Waals surface area contributed by atoms with Crippen LogP contribution in [0.2, 0.25) is 0 Å². The number of nitrogens with one attached hydrogen (secondary N) is 2. The number of carbonyl (C=O) groups excluding carboxylic acids is 2. The van der Waals surface area contributed by atoms with Crippen molar-refractivity contribution in [1.29, 1.82) is 0 Å². The molecule has 2 N–H and O–H groups in total. The molecule has 5 heteroatoms. The molecule has 3 rings (SSSR count). The molecule has 0 radical (unpaired) electrons. The number of amides is 1. The van der Waals surface area contributed by atoms with Crippen molar-refractivity contribution in [2.24, 2.45) is 0 Å². The molecule has 1 heterocycles. The number of anilines is 3. The van der Waals surface area contributed by atoms with Crippen LogP contribution < -0.4 is 10.6 Å². The Hall–Kier alpha value is -3.47. The zero-order valence-electron chi connectivity index (χ0n) is 14.6. The van der Waals surface area contributed by atoms with E-state index in [9.17, 15) is 9.59 Å². The average molecular weight is 345 g/mol. The summed E-state index contributed by atoms with van der Waals surface area (Å²) >= 11 is 0. The van der Waals surface area contributed by atoms with E-state index in [2.05, 4.69) is 15.6 Å². The van der Waals surface area contributed by atoms with Crippen LogP contribution in [0.3, 0.4) is 0 Å². The lowest BCUT2D eigenvalue weighted by Gasteiger charge is -2.08. The molecule has 0 fully saturated rings. The van der Waals surface area contributed by atoms with Gasteiger partial charge in [0.15, 0.2) is 5.78 Å². The normalized spacial score (nSPS) is 10.2. The molecule has 5 nitrogen and oxygen atoms in total. The van der Waals surface area contributed by atoms with Crippen LogP contribution in [-0.2, 0) is 0 Å². The minimum absolute atomic E-state index is 0.0342. The van der Waals surface area contributed by atoms with Crippen molar-refractivity contribution < 1.29 is 9.59 Å². The lowest BCUT2D eigenvalue weighted by Crippen LogP contribution is -2.12. The fraction of sp³-hybridized carbons (Fsp3) is 0.0952. The number of aromatic nitrogens is 1. The number of benzene rings is 2.